The molecule has 4 rings (SSSR count). The Balaban J connectivity index is 1.62. The lowest BCUT2D eigenvalue weighted by atomic mass is 10.1. The lowest BCUT2D eigenvalue weighted by molar-refractivity contribution is -0.121. The summed E-state index contributed by atoms with van der Waals surface area (Å²) in [6, 6.07) is 13.5. The molecular formula is C25H28N6O4. The Morgan fingerprint density at radius 2 is 1.83 bits per heavy atom. The zero-order valence-corrected chi connectivity index (χ0v) is 19.9. The number of ether oxygens (including phenoxy) is 3. The number of anilines is 2. The summed E-state index contributed by atoms with van der Waals surface area (Å²) in [4.78, 5) is 20.9. The first-order valence-corrected chi connectivity index (χ1v) is 11.0. The second kappa shape index (κ2) is 10.7. The Kier molecular flexibility index (Phi) is 7.32. The molecule has 4 aromatic rings. The molecule has 0 aliphatic heterocycles. The highest BCUT2D eigenvalue weighted by atomic mass is 16.5. The summed E-state index contributed by atoms with van der Waals surface area (Å²) in [6.45, 7) is 0.139. The van der Waals surface area contributed by atoms with Gasteiger partial charge in [0.1, 0.15) is 5.65 Å². The highest BCUT2D eigenvalue weighted by molar-refractivity contribution is 5.79. The molecule has 182 valence electrons. The summed E-state index contributed by atoms with van der Waals surface area (Å²) in [7, 11) is 4.69. The van der Waals surface area contributed by atoms with Gasteiger partial charge in [-0.3, -0.25) is 4.79 Å². The summed E-state index contributed by atoms with van der Waals surface area (Å²) >= 11 is 0. The van der Waals surface area contributed by atoms with Crippen LogP contribution >= 0.6 is 0 Å². The van der Waals surface area contributed by atoms with Gasteiger partial charge in [-0.25, -0.2) is 4.98 Å². The van der Waals surface area contributed by atoms with Crippen LogP contribution in [-0.2, 0) is 11.2 Å². The van der Waals surface area contributed by atoms with Gasteiger partial charge in [0.05, 0.1) is 28.0 Å². The van der Waals surface area contributed by atoms with E-state index in [1.165, 1.54) is 0 Å². The van der Waals surface area contributed by atoms with Gasteiger partial charge in [-0.05, 0) is 30.2 Å². The van der Waals surface area contributed by atoms with E-state index in [0.717, 1.165) is 22.3 Å². The average Bonchev–Trinajstić information content (AvgIpc) is 3.30. The standard InChI is InChI=1S/C25H28N6O4/c1-33-20-12-18(13-21(34-2)23(20)35-3)29-25-27-14-17-9-10-31(24(17)30-25)19-6-4-5-16(11-19)7-8-22(32)28-15-26/h4-6,9-14H,7-8,15,26H2,1-3H3,(H,28,32)(H,27,29,30). The number of carbonyl (C=O) groups is 1. The number of benzene rings is 2. The Morgan fingerprint density at radius 1 is 1.06 bits per heavy atom. The molecule has 0 radical (unpaired) electrons. The number of amides is 1. The molecular weight excluding hydrogens is 448 g/mol. The fourth-order valence-electron chi connectivity index (χ4n) is 3.79. The predicted molar refractivity (Wildman–Crippen MR) is 134 cm³/mol. The minimum absolute atomic E-state index is 0.0698. The number of carbonyl (C=O) groups excluding carboxylic acids is 1. The topological polar surface area (TPSA) is 126 Å². The third-order valence-corrected chi connectivity index (χ3v) is 5.48. The van der Waals surface area contributed by atoms with Crippen molar-refractivity contribution in [3.63, 3.8) is 0 Å². The number of nitrogens with zero attached hydrogens (tertiary/aromatic N) is 3. The van der Waals surface area contributed by atoms with Gasteiger partial charge in [-0.2, -0.15) is 4.98 Å². The molecule has 0 atom stereocenters. The van der Waals surface area contributed by atoms with Gasteiger partial charge in [0.25, 0.3) is 0 Å². The van der Waals surface area contributed by atoms with Crippen molar-refractivity contribution in [2.45, 2.75) is 12.8 Å². The number of methoxy groups -OCH3 is 3. The third-order valence-electron chi connectivity index (χ3n) is 5.48. The average molecular weight is 477 g/mol. The summed E-state index contributed by atoms with van der Waals surface area (Å²) in [5.41, 5.74) is 8.79. The van der Waals surface area contributed by atoms with Crippen LogP contribution in [0.1, 0.15) is 12.0 Å². The van der Waals surface area contributed by atoms with Crippen molar-refractivity contribution < 1.29 is 19.0 Å². The second-order valence-electron chi connectivity index (χ2n) is 7.67. The van der Waals surface area contributed by atoms with E-state index in [2.05, 4.69) is 15.6 Å². The Hall–Kier alpha value is -4.31. The normalized spacial score (nSPS) is 10.7. The molecule has 0 unspecified atom stereocenters. The van der Waals surface area contributed by atoms with Gasteiger partial charge < -0.3 is 35.1 Å². The maximum absolute atomic E-state index is 11.8. The second-order valence-corrected chi connectivity index (χ2v) is 7.67. The van der Waals surface area contributed by atoms with Crippen molar-refractivity contribution >= 4 is 28.6 Å². The van der Waals surface area contributed by atoms with E-state index in [9.17, 15) is 4.79 Å². The molecule has 4 N–H and O–H groups in total. The van der Waals surface area contributed by atoms with Gasteiger partial charge in [0.2, 0.25) is 17.6 Å². The number of aromatic nitrogens is 3. The molecule has 0 fully saturated rings. The zero-order chi connectivity index (χ0) is 24.8. The largest absolute Gasteiger partial charge is 0.493 e. The number of hydrogen-bond donors (Lipinski definition) is 3. The molecule has 10 nitrogen and oxygen atoms in total. The lowest BCUT2D eigenvalue weighted by Gasteiger charge is -2.14. The SMILES string of the molecule is COc1cc(Nc2ncc3ccn(-c4cccc(CCC(=O)NCN)c4)c3n2)cc(OC)c1OC. The first-order chi connectivity index (χ1) is 17.1. The van der Waals surface area contributed by atoms with Crippen LogP contribution in [0, 0.1) is 0 Å². The van der Waals surface area contributed by atoms with Crippen molar-refractivity contribution in [2.75, 3.05) is 33.3 Å². The molecule has 1 amide bonds. The number of aryl methyl sites for hydroxylation is 1. The molecule has 0 bridgehead atoms. The number of fused-ring (bicyclic) bond motifs is 1. The Bertz CT molecular complexity index is 1310. The number of hydrogen-bond acceptors (Lipinski definition) is 8. The van der Waals surface area contributed by atoms with E-state index < -0.39 is 0 Å². The van der Waals surface area contributed by atoms with Crippen molar-refractivity contribution in [3.8, 4) is 22.9 Å². The van der Waals surface area contributed by atoms with Crippen molar-refractivity contribution in [1.82, 2.24) is 19.9 Å². The van der Waals surface area contributed by atoms with E-state index in [-0.39, 0.29) is 12.6 Å². The summed E-state index contributed by atoms with van der Waals surface area (Å²) in [5, 5.41) is 6.73. The fraction of sp³-hybridized carbons (Fsp3) is 0.240. The molecule has 35 heavy (non-hydrogen) atoms. The molecule has 2 aromatic heterocycles. The van der Waals surface area contributed by atoms with E-state index in [4.69, 9.17) is 24.9 Å². The van der Waals surface area contributed by atoms with Crippen molar-refractivity contribution in [2.24, 2.45) is 5.73 Å². The molecule has 0 aliphatic carbocycles. The van der Waals surface area contributed by atoms with Gasteiger partial charge in [-0.15, -0.1) is 0 Å². The Morgan fingerprint density at radius 3 is 2.51 bits per heavy atom. The van der Waals surface area contributed by atoms with Crippen LogP contribution < -0.4 is 30.6 Å². The van der Waals surface area contributed by atoms with Crippen LogP contribution in [0.25, 0.3) is 16.7 Å². The van der Waals surface area contributed by atoms with Gasteiger partial charge in [0.15, 0.2) is 11.5 Å². The van der Waals surface area contributed by atoms with Crippen LogP contribution in [0.15, 0.2) is 54.9 Å². The van der Waals surface area contributed by atoms with Crippen LogP contribution in [0.5, 0.6) is 17.2 Å². The third kappa shape index (κ3) is 5.28. The molecule has 0 saturated heterocycles. The monoisotopic (exact) mass is 476 g/mol. The van der Waals surface area contributed by atoms with E-state index in [0.29, 0.717) is 41.7 Å². The molecule has 2 aromatic carbocycles. The van der Waals surface area contributed by atoms with Crippen LogP contribution in [0.3, 0.4) is 0 Å². The zero-order valence-electron chi connectivity index (χ0n) is 19.9. The van der Waals surface area contributed by atoms with Gasteiger partial charge >= 0.3 is 0 Å². The van der Waals surface area contributed by atoms with E-state index >= 15 is 0 Å². The summed E-state index contributed by atoms with van der Waals surface area (Å²) in [6.07, 6.45) is 4.70. The maximum Gasteiger partial charge on any atom is 0.229 e. The molecule has 0 spiro atoms. The molecule has 0 saturated carbocycles. The Labute approximate surface area is 203 Å². The molecule has 2 heterocycles. The number of nitrogens with one attached hydrogen (secondary N) is 2. The number of rotatable bonds is 10. The van der Waals surface area contributed by atoms with Crippen molar-refractivity contribution in [1.29, 1.82) is 0 Å². The summed E-state index contributed by atoms with van der Waals surface area (Å²) < 4.78 is 18.2. The maximum atomic E-state index is 11.8. The first-order valence-electron chi connectivity index (χ1n) is 11.0. The fourth-order valence-corrected chi connectivity index (χ4v) is 3.79. The molecule has 0 aliphatic rings. The smallest absolute Gasteiger partial charge is 0.229 e. The van der Waals surface area contributed by atoms with Crippen LogP contribution in [-0.4, -0.2) is 48.4 Å². The van der Waals surface area contributed by atoms with E-state index in [1.807, 2.05) is 41.1 Å². The van der Waals surface area contributed by atoms with E-state index in [1.54, 1.807) is 39.7 Å². The molecule has 10 heteroatoms. The predicted octanol–water partition coefficient (Wildman–Crippen LogP) is 3.15. The minimum Gasteiger partial charge on any atom is -0.493 e. The van der Waals surface area contributed by atoms with Gasteiger partial charge in [0, 0.05) is 47.7 Å². The quantitative estimate of drug-likeness (QED) is 0.298. The highest BCUT2D eigenvalue weighted by Crippen LogP contribution is 2.40. The minimum atomic E-state index is -0.0698. The number of nitrogens with two attached hydrogens (primary N) is 1. The van der Waals surface area contributed by atoms with Crippen molar-refractivity contribution in [3.05, 3.63) is 60.4 Å². The first kappa shape index (κ1) is 23.8. The van der Waals surface area contributed by atoms with Crippen LogP contribution in [0.2, 0.25) is 0 Å². The summed E-state index contributed by atoms with van der Waals surface area (Å²) in [5.74, 6) is 1.90. The van der Waals surface area contributed by atoms with Gasteiger partial charge in [-0.1, -0.05) is 12.1 Å². The van der Waals surface area contributed by atoms with Crippen LogP contribution in [0.4, 0.5) is 11.6 Å². The lowest BCUT2D eigenvalue weighted by Crippen LogP contribution is -2.29. The highest BCUT2D eigenvalue weighted by Gasteiger charge is 2.15.